The predicted octanol–water partition coefficient (Wildman–Crippen LogP) is 3.33. The Morgan fingerprint density at radius 2 is 1.65 bits per heavy atom. The zero-order valence-corrected chi connectivity index (χ0v) is 13.1. The number of nitrogens with one attached hydrogen (secondary N) is 1. The van der Waals surface area contributed by atoms with Crippen LogP contribution in [0.4, 0.5) is 14.5 Å². The molecule has 6 heteroatoms. The van der Waals surface area contributed by atoms with E-state index in [1.54, 1.807) is 29.3 Å². The van der Waals surface area contributed by atoms with Gasteiger partial charge in [-0.1, -0.05) is 6.07 Å². The Morgan fingerprint density at radius 1 is 0.957 bits per heavy atom. The summed E-state index contributed by atoms with van der Waals surface area (Å²) in [6.07, 6.45) is 0. The Labute approximate surface area is 132 Å². The smallest absolute Gasteiger partial charge is 0.328 e. The van der Waals surface area contributed by atoms with Gasteiger partial charge in [-0.25, -0.2) is 13.6 Å². The van der Waals surface area contributed by atoms with E-state index in [2.05, 4.69) is 5.32 Å². The van der Waals surface area contributed by atoms with E-state index in [1.165, 1.54) is 6.07 Å². The van der Waals surface area contributed by atoms with Crippen LogP contribution in [0.5, 0.6) is 0 Å². The van der Waals surface area contributed by atoms with Gasteiger partial charge < -0.3 is 5.32 Å². The van der Waals surface area contributed by atoms with Crippen molar-refractivity contribution >= 4 is 16.7 Å². The lowest BCUT2D eigenvalue weighted by Gasteiger charge is -2.16. The first-order valence-electron chi connectivity index (χ1n) is 7.25. The van der Waals surface area contributed by atoms with Gasteiger partial charge in [0.2, 0.25) is 0 Å². The zero-order valence-electron chi connectivity index (χ0n) is 13.1. The number of imidazole rings is 1. The van der Waals surface area contributed by atoms with Crippen LogP contribution in [0.15, 0.2) is 41.2 Å². The molecule has 3 aromatic rings. The van der Waals surface area contributed by atoms with Crippen molar-refractivity contribution in [3.8, 4) is 0 Å². The third-order valence-electron chi connectivity index (χ3n) is 4.10. The summed E-state index contributed by atoms with van der Waals surface area (Å²) in [6, 6.07) is 9.23. The van der Waals surface area contributed by atoms with Gasteiger partial charge in [-0.15, -0.1) is 0 Å². The van der Waals surface area contributed by atoms with Crippen molar-refractivity contribution in [2.24, 2.45) is 14.1 Å². The maximum atomic E-state index is 13.3. The monoisotopic (exact) mass is 317 g/mol. The lowest BCUT2D eigenvalue weighted by molar-refractivity contribution is 0.506. The topological polar surface area (TPSA) is 39.0 Å². The number of aromatic nitrogens is 2. The van der Waals surface area contributed by atoms with E-state index < -0.39 is 11.6 Å². The second kappa shape index (κ2) is 5.53. The van der Waals surface area contributed by atoms with Crippen molar-refractivity contribution in [1.82, 2.24) is 9.13 Å². The number of rotatable bonds is 3. The summed E-state index contributed by atoms with van der Waals surface area (Å²) in [7, 11) is 3.44. The van der Waals surface area contributed by atoms with Crippen LogP contribution in [0.2, 0.25) is 0 Å². The molecular weight excluding hydrogens is 300 g/mol. The first kappa shape index (κ1) is 15.3. The summed E-state index contributed by atoms with van der Waals surface area (Å²) in [6.45, 7) is 1.86. The zero-order chi connectivity index (χ0) is 16.7. The van der Waals surface area contributed by atoms with Crippen LogP contribution >= 0.6 is 0 Å². The summed E-state index contributed by atoms with van der Waals surface area (Å²) >= 11 is 0. The standard InChI is InChI=1S/C17H17F2N3O/c1-10(11-4-6-13(18)14(19)8-11)20-12-5-7-15-16(9-12)22(3)17(23)21(15)2/h4-10,20H,1-3H3/t10-/m1/s1. The SMILES string of the molecule is C[C@@H](Nc1ccc2c(c1)n(C)c(=O)n2C)c1ccc(F)c(F)c1. The molecular formula is C17H17F2N3O. The molecule has 0 spiro atoms. The number of anilines is 1. The van der Waals surface area contributed by atoms with Gasteiger partial charge in [0.05, 0.1) is 11.0 Å². The molecule has 0 radical (unpaired) electrons. The Morgan fingerprint density at radius 3 is 2.35 bits per heavy atom. The van der Waals surface area contributed by atoms with Crippen LogP contribution in [0, 0.1) is 11.6 Å². The highest BCUT2D eigenvalue weighted by Gasteiger charge is 2.12. The molecule has 23 heavy (non-hydrogen) atoms. The molecule has 1 N–H and O–H groups in total. The minimum atomic E-state index is -0.864. The number of benzene rings is 2. The van der Waals surface area contributed by atoms with Gasteiger partial charge >= 0.3 is 5.69 Å². The number of hydrogen-bond donors (Lipinski definition) is 1. The van der Waals surface area contributed by atoms with Crippen LogP contribution < -0.4 is 11.0 Å². The molecule has 1 atom stereocenters. The first-order chi connectivity index (χ1) is 10.9. The molecule has 1 heterocycles. The fraction of sp³-hybridized carbons (Fsp3) is 0.235. The third-order valence-corrected chi connectivity index (χ3v) is 4.10. The lowest BCUT2D eigenvalue weighted by Crippen LogP contribution is -2.19. The largest absolute Gasteiger partial charge is 0.378 e. The third kappa shape index (κ3) is 2.60. The Bertz CT molecular complexity index is 943. The normalized spacial score (nSPS) is 12.6. The minimum Gasteiger partial charge on any atom is -0.378 e. The quantitative estimate of drug-likeness (QED) is 0.805. The molecule has 4 nitrogen and oxygen atoms in total. The van der Waals surface area contributed by atoms with Crippen molar-refractivity contribution in [3.05, 3.63) is 64.1 Å². The van der Waals surface area contributed by atoms with E-state index in [-0.39, 0.29) is 11.7 Å². The average Bonchev–Trinajstić information content (AvgIpc) is 2.74. The van der Waals surface area contributed by atoms with Crippen molar-refractivity contribution < 1.29 is 8.78 Å². The number of aryl methyl sites for hydroxylation is 2. The predicted molar refractivity (Wildman–Crippen MR) is 86.6 cm³/mol. The highest BCUT2D eigenvalue weighted by molar-refractivity contribution is 5.80. The van der Waals surface area contributed by atoms with Gasteiger partial charge in [0, 0.05) is 25.8 Å². The van der Waals surface area contributed by atoms with Crippen molar-refractivity contribution in [3.63, 3.8) is 0 Å². The van der Waals surface area contributed by atoms with Gasteiger partial charge in [-0.05, 0) is 42.8 Å². The maximum absolute atomic E-state index is 13.3. The molecule has 0 bridgehead atoms. The summed E-state index contributed by atoms with van der Waals surface area (Å²) in [4.78, 5) is 11.9. The first-order valence-corrected chi connectivity index (χ1v) is 7.25. The fourth-order valence-corrected chi connectivity index (χ4v) is 2.71. The molecule has 0 saturated heterocycles. The van der Waals surface area contributed by atoms with E-state index >= 15 is 0 Å². The molecule has 0 aliphatic carbocycles. The van der Waals surface area contributed by atoms with Crippen LogP contribution in [0.3, 0.4) is 0 Å². The Kier molecular flexibility index (Phi) is 3.67. The Hall–Kier alpha value is -2.63. The van der Waals surface area contributed by atoms with E-state index in [0.29, 0.717) is 5.56 Å². The van der Waals surface area contributed by atoms with Gasteiger partial charge in [-0.2, -0.15) is 0 Å². The molecule has 1 aromatic heterocycles. The van der Waals surface area contributed by atoms with Crippen molar-refractivity contribution in [2.75, 3.05) is 5.32 Å². The van der Waals surface area contributed by atoms with Crippen LogP contribution in [-0.4, -0.2) is 9.13 Å². The summed E-state index contributed by atoms with van der Waals surface area (Å²) in [5, 5.41) is 3.24. The van der Waals surface area contributed by atoms with E-state index in [9.17, 15) is 13.6 Å². The number of hydrogen-bond acceptors (Lipinski definition) is 2. The van der Waals surface area contributed by atoms with Gasteiger partial charge in [0.25, 0.3) is 0 Å². The molecule has 0 aliphatic heterocycles. The van der Waals surface area contributed by atoms with Crippen LogP contribution in [0.1, 0.15) is 18.5 Å². The van der Waals surface area contributed by atoms with E-state index in [0.717, 1.165) is 22.8 Å². The summed E-state index contributed by atoms with van der Waals surface area (Å²) in [5.41, 5.74) is 3.00. The minimum absolute atomic E-state index is 0.0918. The van der Waals surface area contributed by atoms with Crippen molar-refractivity contribution in [2.45, 2.75) is 13.0 Å². The van der Waals surface area contributed by atoms with E-state index in [4.69, 9.17) is 0 Å². The average molecular weight is 317 g/mol. The highest BCUT2D eigenvalue weighted by Crippen LogP contribution is 2.23. The molecule has 3 rings (SSSR count). The second-order valence-corrected chi connectivity index (χ2v) is 5.64. The maximum Gasteiger partial charge on any atom is 0.328 e. The summed E-state index contributed by atoms with van der Waals surface area (Å²) < 4.78 is 29.5. The molecule has 2 aromatic carbocycles. The van der Waals surface area contributed by atoms with E-state index in [1.807, 2.05) is 25.1 Å². The molecule has 120 valence electrons. The number of nitrogens with zero attached hydrogens (tertiary/aromatic N) is 2. The molecule has 0 unspecified atom stereocenters. The summed E-state index contributed by atoms with van der Waals surface area (Å²) in [5.74, 6) is -1.72. The fourth-order valence-electron chi connectivity index (χ4n) is 2.71. The number of halogens is 2. The Balaban J connectivity index is 1.93. The van der Waals surface area contributed by atoms with Gasteiger partial charge in [0.1, 0.15) is 0 Å². The van der Waals surface area contributed by atoms with Crippen molar-refractivity contribution in [1.29, 1.82) is 0 Å². The molecule has 0 saturated carbocycles. The second-order valence-electron chi connectivity index (χ2n) is 5.64. The van der Waals surface area contributed by atoms with Crippen LogP contribution in [-0.2, 0) is 14.1 Å². The van der Waals surface area contributed by atoms with Crippen LogP contribution in [0.25, 0.3) is 11.0 Å². The highest BCUT2D eigenvalue weighted by atomic mass is 19.2. The number of fused-ring (bicyclic) bond motifs is 1. The molecule has 0 fully saturated rings. The van der Waals surface area contributed by atoms with Gasteiger partial charge in [-0.3, -0.25) is 9.13 Å². The van der Waals surface area contributed by atoms with Gasteiger partial charge in [0.15, 0.2) is 11.6 Å². The molecule has 0 amide bonds. The lowest BCUT2D eigenvalue weighted by atomic mass is 10.1. The molecule has 0 aliphatic rings.